The van der Waals surface area contributed by atoms with Gasteiger partial charge in [-0.1, -0.05) is 49.2 Å². The summed E-state index contributed by atoms with van der Waals surface area (Å²) in [5.41, 5.74) is 5.96. The van der Waals surface area contributed by atoms with Crippen molar-refractivity contribution < 1.29 is 62.7 Å². The minimum Gasteiger partial charge on any atom is -0.495 e. The molecule has 1 aromatic heterocycles. The first-order valence-electron chi connectivity index (χ1n) is 26.4. The number of rotatable bonds is 21. The number of epoxide rings is 1. The van der Waals surface area contributed by atoms with Crippen LogP contribution >= 0.6 is 23.4 Å². The summed E-state index contributed by atoms with van der Waals surface area (Å²) in [6.07, 6.45) is 6.71. The summed E-state index contributed by atoms with van der Waals surface area (Å²) in [4.78, 5) is 98.5. The first-order chi connectivity index (χ1) is 36.9. The molecule has 5 rings (SSSR count). The number of carbonyl (C=O) groups excluding carboxylic acids is 7. The van der Waals surface area contributed by atoms with E-state index < -0.39 is 89.3 Å². The monoisotopic (exact) mass is 1130 g/mol. The lowest BCUT2D eigenvalue weighted by Crippen LogP contribution is -2.59. The Morgan fingerprint density at radius 3 is 2.37 bits per heavy atom. The molecule has 1 aromatic carbocycles. The van der Waals surface area contributed by atoms with Gasteiger partial charge in [0.05, 0.1) is 30.9 Å². The van der Waals surface area contributed by atoms with Crippen molar-refractivity contribution in [2.24, 2.45) is 17.6 Å². The number of anilines is 1. The van der Waals surface area contributed by atoms with Crippen LogP contribution in [0.3, 0.4) is 0 Å². The fourth-order valence-electron chi connectivity index (χ4n) is 9.58. The number of thioether (sulfide) groups is 1. The molecule has 2 fully saturated rings. The Balaban J connectivity index is 1.31. The van der Waals surface area contributed by atoms with Crippen LogP contribution < -0.4 is 42.0 Å². The largest absolute Gasteiger partial charge is 0.495 e. The number of allylic oxidation sites excluding steroid dienone is 3. The molecule has 4 bridgehead atoms. The molecule has 24 heteroatoms. The number of fused-ring (bicyclic) bond motifs is 5. The lowest BCUT2D eigenvalue weighted by molar-refractivity contribution is -0.158. The minimum atomic E-state index is -1.27. The Kier molecular flexibility index (Phi) is 22.6. The predicted molar refractivity (Wildman–Crippen MR) is 296 cm³/mol. The Hall–Kier alpha value is -6.17. The highest BCUT2D eigenvalue weighted by Crippen LogP contribution is 2.49. The van der Waals surface area contributed by atoms with E-state index in [0.29, 0.717) is 49.4 Å². The quantitative estimate of drug-likeness (QED) is 0.0479. The van der Waals surface area contributed by atoms with Gasteiger partial charge in [0.1, 0.15) is 46.7 Å². The molecule has 78 heavy (non-hydrogen) atoms. The third-order valence-electron chi connectivity index (χ3n) is 15.1. The SMILES string of the molecule is COc1cc2cc(c1Cl)N(C)C(=O)CC(OC(=O)C(C)N(C)C(=O)NC(CCSC)C(=O)NC(CCCCN)C(=O)NCCNC(=O)CCn1c(O)ccc1O)C1(C)OC1C(C)C1CC(C)(NC(=O)O1)C(C)C=CC=C(C)C2. The van der Waals surface area contributed by atoms with Gasteiger partial charge in [-0.2, -0.15) is 11.8 Å². The van der Waals surface area contributed by atoms with Crippen LogP contribution in [0.4, 0.5) is 15.3 Å². The number of benzene rings is 1. The highest BCUT2D eigenvalue weighted by Gasteiger charge is 2.64. The van der Waals surface area contributed by atoms with Crippen molar-refractivity contribution in [3.05, 3.63) is 58.7 Å². The third kappa shape index (κ3) is 16.2. The molecule has 0 saturated carbocycles. The van der Waals surface area contributed by atoms with Crippen LogP contribution in [0.2, 0.25) is 5.02 Å². The minimum absolute atomic E-state index is 0.0234. The zero-order valence-corrected chi connectivity index (χ0v) is 48.0. The summed E-state index contributed by atoms with van der Waals surface area (Å²) < 4.78 is 25.3. The molecule has 3 aliphatic heterocycles. The maximum atomic E-state index is 14.5. The van der Waals surface area contributed by atoms with Gasteiger partial charge in [0.2, 0.25) is 23.6 Å². The summed E-state index contributed by atoms with van der Waals surface area (Å²) in [6.45, 7) is 11.5. The van der Waals surface area contributed by atoms with Gasteiger partial charge >= 0.3 is 18.1 Å². The van der Waals surface area contributed by atoms with E-state index in [1.807, 2.05) is 58.2 Å². The van der Waals surface area contributed by atoms with Crippen LogP contribution in [0.15, 0.2) is 48.1 Å². The fraction of sp³-hybridized carbons (Fsp3) is 0.611. The van der Waals surface area contributed by atoms with E-state index in [0.717, 1.165) is 16.0 Å². The lowest BCUT2D eigenvalue weighted by atomic mass is 9.77. The number of nitrogens with one attached hydrogen (secondary N) is 5. The molecule has 0 radical (unpaired) electrons. The second kappa shape index (κ2) is 28.1. The van der Waals surface area contributed by atoms with E-state index in [9.17, 15) is 43.8 Å². The number of ether oxygens (including phenoxy) is 4. The highest BCUT2D eigenvalue weighted by molar-refractivity contribution is 7.98. The number of aromatic hydroxyl groups is 2. The number of hydrogen-bond acceptors (Lipinski definition) is 15. The summed E-state index contributed by atoms with van der Waals surface area (Å²) in [5, 5.41) is 33.8. The van der Waals surface area contributed by atoms with E-state index in [2.05, 4.69) is 26.6 Å². The molecule has 0 spiro atoms. The smallest absolute Gasteiger partial charge is 0.407 e. The molecule has 432 valence electrons. The molecule has 2 aromatic rings. The van der Waals surface area contributed by atoms with Gasteiger partial charge in [0.25, 0.3) is 0 Å². The van der Waals surface area contributed by atoms with Crippen LogP contribution in [-0.2, 0) is 51.1 Å². The number of esters is 1. The van der Waals surface area contributed by atoms with Gasteiger partial charge in [-0.25, -0.2) is 14.4 Å². The van der Waals surface area contributed by atoms with Crippen LogP contribution in [-0.4, -0.2) is 162 Å². The van der Waals surface area contributed by atoms with Crippen molar-refractivity contribution in [2.75, 3.05) is 57.7 Å². The normalized spacial score (nSPS) is 24.4. The van der Waals surface area contributed by atoms with E-state index in [4.69, 9.17) is 36.3 Å². The van der Waals surface area contributed by atoms with Crippen LogP contribution in [0.1, 0.15) is 92.1 Å². The number of nitrogens with zero attached hydrogens (tertiary/aromatic N) is 3. The van der Waals surface area contributed by atoms with E-state index in [1.54, 1.807) is 20.0 Å². The number of carbonyl (C=O) groups is 7. The standard InChI is InChI=1S/C54H80ClN9O13S/c1-31-14-13-15-32(2)53(5)30-40(75-52(73)61-53)33(3)47-54(6,77-47)41(29-45(68)63(8)38-27-35(26-31)28-39(74-9)46(38)55)76-50(71)34(4)62(7)51(72)60-37(20-25-78-10)49(70)59-36(16-11-12-21-56)48(69)58-23-22-57-42(65)19-24-64-43(66)17-18-44(64)67/h13-15,17-18,27-28,32-34,36-37,40-41,47,66-67H,11-12,16,19-26,29-30,56H2,1-10H3,(H,57,65)(H,58,69)(H,59,70)(H,60,72)(H,61,73). The highest BCUT2D eigenvalue weighted by atomic mass is 35.5. The molecule has 10 unspecified atom stereocenters. The number of amides is 7. The zero-order valence-electron chi connectivity index (χ0n) is 46.4. The Morgan fingerprint density at radius 2 is 1.71 bits per heavy atom. The lowest BCUT2D eigenvalue weighted by Gasteiger charge is -2.43. The molecule has 22 nitrogen and oxygen atoms in total. The molecule has 0 aliphatic carbocycles. The number of unbranched alkanes of at least 4 members (excludes halogenated alkanes) is 1. The van der Waals surface area contributed by atoms with E-state index in [-0.39, 0.29) is 73.9 Å². The number of nitrogens with two attached hydrogens (primary N) is 1. The number of likely N-dealkylation sites (N-methyl/N-ethyl adjacent to an activating group) is 1. The Morgan fingerprint density at radius 1 is 1.03 bits per heavy atom. The van der Waals surface area contributed by atoms with Crippen molar-refractivity contribution in [3.8, 4) is 17.5 Å². The molecular formula is C54H80ClN9O13S. The van der Waals surface area contributed by atoms with Gasteiger partial charge in [-0.05, 0) is 102 Å². The first kappa shape index (κ1) is 62.7. The fourth-order valence-corrected chi connectivity index (χ4v) is 10.4. The average molecular weight is 1130 g/mol. The third-order valence-corrected chi connectivity index (χ3v) is 16.1. The number of hydrogen-bond donors (Lipinski definition) is 8. The maximum Gasteiger partial charge on any atom is 0.407 e. The number of aromatic nitrogens is 1. The van der Waals surface area contributed by atoms with Gasteiger partial charge in [0, 0.05) is 64.6 Å². The van der Waals surface area contributed by atoms with Gasteiger partial charge in [-0.15, -0.1) is 0 Å². The van der Waals surface area contributed by atoms with Gasteiger partial charge in [0.15, 0.2) is 11.8 Å². The first-order valence-corrected chi connectivity index (χ1v) is 28.1. The Bertz CT molecular complexity index is 2530. The summed E-state index contributed by atoms with van der Waals surface area (Å²) in [7, 11) is 4.41. The molecule has 9 N–H and O–H groups in total. The van der Waals surface area contributed by atoms with Crippen molar-refractivity contribution in [1.82, 2.24) is 36.1 Å². The van der Waals surface area contributed by atoms with Gasteiger partial charge < -0.3 is 71.3 Å². The van der Waals surface area contributed by atoms with Crippen LogP contribution in [0.5, 0.6) is 17.5 Å². The van der Waals surface area contributed by atoms with E-state index in [1.165, 1.54) is 54.4 Å². The molecule has 3 aliphatic rings. The molecule has 10 atom stereocenters. The maximum absolute atomic E-state index is 14.5. The van der Waals surface area contributed by atoms with Gasteiger partial charge in [-0.3, -0.25) is 23.7 Å². The van der Waals surface area contributed by atoms with Crippen molar-refractivity contribution in [2.45, 2.75) is 147 Å². The predicted octanol–water partition coefficient (Wildman–Crippen LogP) is 4.66. The summed E-state index contributed by atoms with van der Waals surface area (Å²) in [6, 6.07) is 1.98. The average Bonchev–Trinajstić information content (AvgIpc) is 4.17. The molecule has 2 saturated heterocycles. The molecule has 4 heterocycles. The summed E-state index contributed by atoms with van der Waals surface area (Å²) in [5.74, 6) is -3.03. The summed E-state index contributed by atoms with van der Waals surface area (Å²) >= 11 is 8.30. The number of methoxy groups -OCH3 is 1. The number of alkyl carbamates (subject to hydrolysis) is 1. The second-order valence-electron chi connectivity index (χ2n) is 20.9. The van der Waals surface area contributed by atoms with E-state index >= 15 is 0 Å². The zero-order chi connectivity index (χ0) is 57.6. The van der Waals surface area contributed by atoms with Crippen molar-refractivity contribution in [1.29, 1.82) is 0 Å². The van der Waals surface area contributed by atoms with Crippen LogP contribution in [0.25, 0.3) is 0 Å². The number of halogens is 1. The topological polar surface area (TPSA) is 298 Å². The number of urea groups is 1. The van der Waals surface area contributed by atoms with Crippen molar-refractivity contribution in [3.63, 3.8) is 0 Å². The molecular weight excluding hydrogens is 1050 g/mol. The molecule has 7 amide bonds. The Labute approximate surface area is 466 Å². The van der Waals surface area contributed by atoms with Crippen molar-refractivity contribution >= 4 is 70.8 Å². The second-order valence-corrected chi connectivity index (χ2v) is 22.2. The van der Waals surface area contributed by atoms with Crippen LogP contribution in [0, 0.1) is 11.8 Å².